The first-order valence-corrected chi connectivity index (χ1v) is 6.42. The highest BCUT2D eigenvalue weighted by Crippen LogP contribution is 2.22. The molecule has 0 saturated heterocycles. The van der Waals surface area contributed by atoms with Crippen LogP contribution in [-0.4, -0.2) is 52.6 Å². The summed E-state index contributed by atoms with van der Waals surface area (Å²) in [4.78, 5) is 34.3. The molecule has 22 heavy (non-hydrogen) atoms. The van der Waals surface area contributed by atoms with E-state index in [1.165, 1.54) is 19.5 Å². The fourth-order valence-electron chi connectivity index (χ4n) is 1.45. The molecular formula is C14H18N2O6. The fraction of sp³-hybridized carbons (Fsp3) is 0.429. The van der Waals surface area contributed by atoms with Gasteiger partial charge in [-0.05, 0) is 6.07 Å². The van der Waals surface area contributed by atoms with Crippen molar-refractivity contribution in [3.8, 4) is 0 Å². The van der Waals surface area contributed by atoms with E-state index < -0.39 is 29.4 Å². The topological polar surface area (TPSA) is 108 Å². The molecule has 0 fully saturated rings. The molecule has 1 aromatic heterocycles. The van der Waals surface area contributed by atoms with Gasteiger partial charge in [0.25, 0.3) is 5.91 Å². The third kappa shape index (κ3) is 4.81. The van der Waals surface area contributed by atoms with E-state index >= 15 is 0 Å². The second-order valence-corrected chi connectivity index (χ2v) is 5.14. The summed E-state index contributed by atoms with van der Waals surface area (Å²) in [6.07, 6.45) is 3.23. The third-order valence-electron chi connectivity index (χ3n) is 2.85. The highest BCUT2D eigenvalue weighted by molar-refractivity contribution is 5.91. The van der Waals surface area contributed by atoms with Crippen LogP contribution < -0.4 is 0 Å². The average molecular weight is 310 g/mol. The Hall–Kier alpha value is -2.48. The minimum atomic E-state index is -1.41. The zero-order chi connectivity index (χ0) is 16.8. The highest BCUT2D eigenvalue weighted by Gasteiger charge is 2.35. The molecule has 1 rings (SSSR count). The molecule has 0 aromatic carbocycles. The maximum absolute atomic E-state index is 12.0. The Morgan fingerprint density at radius 1 is 1.32 bits per heavy atom. The first-order chi connectivity index (χ1) is 10.3. The molecule has 0 aliphatic heterocycles. The van der Waals surface area contributed by atoms with Crippen LogP contribution in [0, 0.1) is 5.41 Å². The lowest BCUT2D eigenvalue weighted by molar-refractivity contribution is -0.143. The summed E-state index contributed by atoms with van der Waals surface area (Å²) in [5.41, 5.74) is -1.03. The Labute approximate surface area is 127 Å². The molecule has 1 atom stereocenters. The molecule has 0 aliphatic rings. The van der Waals surface area contributed by atoms with Crippen LogP contribution in [0.5, 0.6) is 0 Å². The summed E-state index contributed by atoms with van der Waals surface area (Å²) in [5.74, 6) is -2.10. The number of esters is 2. The second kappa shape index (κ2) is 7.51. The van der Waals surface area contributed by atoms with Gasteiger partial charge in [0.2, 0.25) is 0 Å². The number of methoxy groups -OCH3 is 1. The van der Waals surface area contributed by atoms with E-state index in [0.29, 0.717) is 0 Å². The molecule has 0 amide bonds. The highest BCUT2D eigenvalue weighted by atomic mass is 16.5. The quantitative estimate of drug-likeness (QED) is 0.590. The number of ether oxygens (including phenoxy) is 2. The van der Waals surface area contributed by atoms with Crippen LogP contribution in [0.15, 0.2) is 30.6 Å². The van der Waals surface area contributed by atoms with Gasteiger partial charge in [0.1, 0.15) is 6.10 Å². The smallest absolute Gasteiger partial charge is 0.331 e. The van der Waals surface area contributed by atoms with Crippen molar-refractivity contribution in [2.45, 2.75) is 20.0 Å². The number of aliphatic hydroxyl groups is 1. The van der Waals surface area contributed by atoms with E-state index in [1.807, 2.05) is 0 Å². The van der Waals surface area contributed by atoms with Crippen LogP contribution in [0.2, 0.25) is 0 Å². The molecule has 120 valence electrons. The largest absolute Gasteiger partial charge is 0.466 e. The second-order valence-electron chi connectivity index (χ2n) is 5.14. The molecule has 8 nitrogen and oxygen atoms in total. The van der Waals surface area contributed by atoms with Crippen molar-refractivity contribution >= 4 is 17.8 Å². The van der Waals surface area contributed by atoms with Crippen molar-refractivity contribution in [2.75, 3.05) is 13.7 Å². The predicted molar refractivity (Wildman–Crippen MR) is 74.8 cm³/mol. The summed E-state index contributed by atoms with van der Waals surface area (Å²) in [5, 5.41) is 13.8. The molecule has 0 spiro atoms. The van der Waals surface area contributed by atoms with E-state index in [1.54, 1.807) is 19.9 Å². The van der Waals surface area contributed by atoms with Gasteiger partial charge < -0.3 is 14.6 Å². The number of carbonyl (C=O) groups excluding carboxylic acids is 3. The minimum absolute atomic E-state index is 0.217. The number of aromatic nitrogens is 2. The van der Waals surface area contributed by atoms with Crippen LogP contribution in [-0.2, 0) is 19.1 Å². The number of hydrogen-bond acceptors (Lipinski definition) is 7. The first-order valence-electron chi connectivity index (χ1n) is 6.42. The Balaban J connectivity index is 2.59. The molecule has 0 saturated carbocycles. The summed E-state index contributed by atoms with van der Waals surface area (Å²) in [7, 11) is 1.18. The fourth-order valence-corrected chi connectivity index (χ4v) is 1.45. The molecule has 1 heterocycles. The van der Waals surface area contributed by atoms with Crippen LogP contribution >= 0.6 is 0 Å². The Kier molecular flexibility index (Phi) is 6.00. The van der Waals surface area contributed by atoms with Crippen molar-refractivity contribution in [3.63, 3.8) is 0 Å². The van der Waals surface area contributed by atoms with E-state index in [9.17, 15) is 19.5 Å². The van der Waals surface area contributed by atoms with Gasteiger partial charge in [-0.2, -0.15) is 5.10 Å². The van der Waals surface area contributed by atoms with Crippen LogP contribution in [0.25, 0.3) is 0 Å². The van der Waals surface area contributed by atoms with Gasteiger partial charge in [0.05, 0.1) is 13.7 Å². The van der Waals surface area contributed by atoms with Crippen LogP contribution in [0.3, 0.4) is 0 Å². The average Bonchev–Trinajstić information content (AvgIpc) is 3.03. The molecule has 0 aliphatic carbocycles. The van der Waals surface area contributed by atoms with Crippen LogP contribution in [0.1, 0.15) is 18.6 Å². The predicted octanol–water partition coefficient (Wildman–Crippen LogP) is 0.183. The van der Waals surface area contributed by atoms with E-state index in [-0.39, 0.29) is 6.61 Å². The van der Waals surface area contributed by atoms with Gasteiger partial charge >= 0.3 is 11.9 Å². The van der Waals surface area contributed by atoms with Gasteiger partial charge in [0, 0.05) is 30.0 Å². The molecule has 1 N–H and O–H groups in total. The lowest BCUT2D eigenvalue weighted by Gasteiger charge is -2.28. The normalized spacial score (nSPS) is 12.9. The van der Waals surface area contributed by atoms with Gasteiger partial charge in [-0.1, -0.05) is 13.8 Å². The van der Waals surface area contributed by atoms with Gasteiger partial charge in [-0.15, -0.1) is 0 Å². The molecule has 0 bridgehead atoms. The minimum Gasteiger partial charge on any atom is -0.466 e. The zero-order valence-electron chi connectivity index (χ0n) is 12.6. The van der Waals surface area contributed by atoms with Crippen molar-refractivity contribution in [1.29, 1.82) is 0 Å². The maximum Gasteiger partial charge on any atom is 0.331 e. The standard InChI is InChI=1S/C14H18N2O6/c1-14(2,9-22-11(18)6-5-10(17)21-3)12(19)13(20)16-8-4-7-15-16/h4-8,12,19H,9H2,1-3H3/b6-5+/t12-/m0/s1. The lowest BCUT2D eigenvalue weighted by atomic mass is 9.87. The van der Waals surface area contributed by atoms with Crippen LogP contribution in [0.4, 0.5) is 0 Å². The van der Waals surface area contributed by atoms with E-state index in [0.717, 1.165) is 16.8 Å². The molecular weight excluding hydrogens is 292 g/mol. The van der Waals surface area contributed by atoms with Crippen molar-refractivity contribution in [3.05, 3.63) is 30.6 Å². The Morgan fingerprint density at radius 2 is 1.95 bits per heavy atom. The lowest BCUT2D eigenvalue weighted by Crippen LogP contribution is -2.42. The van der Waals surface area contributed by atoms with Gasteiger partial charge in [-0.3, -0.25) is 4.79 Å². The third-order valence-corrected chi connectivity index (χ3v) is 2.85. The molecule has 0 radical (unpaired) electrons. The number of carbonyl (C=O) groups is 3. The molecule has 8 heteroatoms. The SMILES string of the molecule is COC(=O)/C=C/C(=O)OCC(C)(C)[C@@H](O)C(=O)n1cccn1. The Morgan fingerprint density at radius 3 is 2.50 bits per heavy atom. The van der Waals surface area contributed by atoms with Crippen molar-refractivity contribution in [2.24, 2.45) is 5.41 Å². The summed E-state index contributed by atoms with van der Waals surface area (Å²) in [6.45, 7) is 2.91. The Bertz CT molecular complexity index is 562. The number of hydrogen-bond donors (Lipinski definition) is 1. The summed E-state index contributed by atoms with van der Waals surface area (Å²) in [6, 6.07) is 1.55. The van der Waals surface area contributed by atoms with Crippen molar-refractivity contribution in [1.82, 2.24) is 9.78 Å². The summed E-state index contributed by atoms with van der Waals surface area (Å²) < 4.78 is 10.2. The van der Waals surface area contributed by atoms with Crippen molar-refractivity contribution < 1.29 is 29.0 Å². The molecule has 1 aromatic rings. The van der Waals surface area contributed by atoms with Gasteiger partial charge in [-0.25, -0.2) is 14.3 Å². The molecule has 0 unspecified atom stereocenters. The van der Waals surface area contributed by atoms with Gasteiger partial charge in [0.15, 0.2) is 0 Å². The first kappa shape index (κ1) is 17.6. The number of aliphatic hydroxyl groups excluding tert-OH is 1. The van der Waals surface area contributed by atoms with E-state index in [4.69, 9.17) is 4.74 Å². The summed E-state index contributed by atoms with van der Waals surface area (Å²) >= 11 is 0. The van der Waals surface area contributed by atoms with E-state index in [2.05, 4.69) is 9.84 Å². The monoisotopic (exact) mass is 310 g/mol. The zero-order valence-corrected chi connectivity index (χ0v) is 12.6. The number of rotatable bonds is 6. The number of nitrogens with zero attached hydrogens (tertiary/aromatic N) is 2. The maximum atomic E-state index is 12.0.